The minimum Gasteiger partial charge on any atom is -0.327 e. The van der Waals surface area contributed by atoms with Gasteiger partial charge >= 0.3 is 0 Å². The Hall–Kier alpha value is -0.0800. The standard InChI is InChI=1S/C9H18N2/c1-3-9-6-4-8(10)7(6)5-11(9)2/h6-9H,3-5,10H2,1-2H3/t6-,7-,8+,9-/m0/s1. The first-order chi connectivity index (χ1) is 5.24. The minimum absolute atomic E-state index is 0.513. The first-order valence-corrected chi connectivity index (χ1v) is 4.70. The highest BCUT2D eigenvalue weighted by Gasteiger charge is 2.49. The van der Waals surface area contributed by atoms with Crippen molar-refractivity contribution in [2.45, 2.75) is 31.8 Å². The molecule has 0 aromatic heterocycles. The van der Waals surface area contributed by atoms with Crippen molar-refractivity contribution in [3.63, 3.8) is 0 Å². The first-order valence-electron chi connectivity index (χ1n) is 4.70. The number of nitrogens with zero attached hydrogens (tertiary/aromatic N) is 1. The lowest BCUT2D eigenvalue weighted by Crippen LogP contribution is -2.48. The molecule has 2 heteroatoms. The smallest absolute Gasteiger partial charge is 0.0122 e. The molecule has 1 aliphatic carbocycles. The maximum absolute atomic E-state index is 5.92. The highest BCUT2D eigenvalue weighted by atomic mass is 15.2. The van der Waals surface area contributed by atoms with Gasteiger partial charge in [-0.25, -0.2) is 0 Å². The number of fused-ring (bicyclic) bond motifs is 1. The van der Waals surface area contributed by atoms with Crippen LogP contribution in [0.2, 0.25) is 0 Å². The van der Waals surface area contributed by atoms with Gasteiger partial charge in [-0.05, 0) is 31.7 Å². The molecule has 0 amide bonds. The normalized spacial score (nSPS) is 50.5. The van der Waals surface area contributed by atoms with Crippen molar-refractivity contribution >= 4 is 0 Å². The van der Waals surface area contributed by atoms with Gasteiger partial charge in [0.2, 0.25) is 0 Å². The lowest BCUT2D eigenvalue weighted by Gasteiger charge is -2.39. The van der Waals surface area contributed by atoms with Crippen molar-refractivity contribution in [2.75, 3.05) is 13.6 Å². The van der Waals surface area contributed by atoms with Crippen LogP contribution >= 0.6 is 0 Å². The van der Waals surface area contributed by atoms with E-state index in [-0.39, 0.29) is 0 Å². The summed E-state index contributed by atoms with van der Waals surface area (Å²) < 4.78 is 0. The van der Waals surface area contributed by atoms with Crippen molar-refractivity contribution in [3.05, 3.63) is 0 Å². The molecule has 2 aliphatic rings. The van der Waals surface area contributed by atoms with E-state index in [9.17, 15) is 0 Å². The van der Waals surface area contributed by atoms with Crippen LogP contribution in [-0.4, -0.2) is 30.6 Å². The SMILES string of the molecule is CC[C@H]1[C@H]2C[C@@H](N)[C@H]2CN1C. The molecule has 0 bridgehead atoms. The average molecular weight is 154 g/mol. The number of rotatable bonds is 1. The van der Waals surface area contributed by atoms with Crippen LogP contribution in [0.25, 0.3) is 0 Å². The van der Waals surface area contributed by atoms with Crippen molar-refractivity contribution < 1.29 is 0 Å². The van der Waals surface area contributed by atoms with E-state index in [0.717, 1.165) is 17.9 Å². The lowest BCUT2D eigenvalue weighted by molar-refractivity contribution is 0.157. The quantitative estimate of drug-likeness (QED) is 0.601. The molecule has 4 atom stereocenters. The van der Waals surface area contributed by atoms with Crippen molar-refractivity contribution in [1.29, 1.82) is 0 Å². The fraction of sp³-hybridized carbons (Fsp3) is 1.00. The molecule has 1 saturated carbocycles. The molecule has 0 aromatic carbocycles. The molecule has 2 nitrogen and oxygen atoms in total. The maximum Gasteiger partial charge on any atom is 0.0122 e. The van der Waals surface area contributed by atoms with Crippen molar-refractivity contribution in [3.8, 4) is 0 Å². The predicted molar refractivity (Wildman–Crippen MR) is 46.3 cm³/mol. The van der Waals surface area contributed by atoms with Crippen LogP contribution in [-0.2, 0) is 0 Å². The van der Waals surface area contributed by atoms with E-state index in [2.05, 4.69) is 18.9 Å². The average Bonchev–Trinajstić information content (AvgIpc) is 2.24. The summed E-state index contributed by atoms with van der Waals surface area (Å²) in [5.74, 6) is 1.75. The Kier molecular flexibility index (Phi) is 1.69. The Labute approximate surface area is 68.7 Å². The summed E-state index contributed by atoms with van der Waals surface area (Å²) in [4.78, 5) is 2.49. The summed E-state index contributed by atoms with van der Waals surface area (Å²) in [5, 5.41) is 0. The van der Waals surface area contributed by atoms with Gasteiger partial charge in [0.1, 0.15) is 0 Å². The van der Waals surface area contributed by atoms with Gasteiger partial charge in [0, 0.05) is 18.6 Å². The molecular weight excluding hydrogens is 136 g/mol. The summed E-state index contributed by atoms with van der Waals surface area (Å²) in [6.45, 7) is 3.53. The van der Waals surface area contributed by atoms with Crippen LogP contribution in [0.4, 0.5) is 0 Å². The Morgan fingerprint density at radius 2 is 2.18 bits per heavy atom. The van der Waals surface area contributed by atoms with Crippen molar-refractivity contribution in [2.24, 2.45) is 17.6 Å². The minimum atomic E-state index is 0.513. The Morgan fingerprint density at radius 1 is 1.45 bits per heavy atom. The summed E-state index contributed by atoms with van der Waals surface area (Å²) in [6.07, 6.45) is 2.57. The van der Waals surface area contributed by atoms with Gasteiger partial charge in [-0.15, -0.1) is 0 Å². The van der Waals surface area contributed by atoms with Crippen molar-refractivity contribution in [1.82, 2.24) is 4.90 Å². The molecule has 1 saturated heterocycles. The van der Waals surface area contributed by atoms with Gasteiger partial charge in [-0.2, -0.15) is 0 Å². The van der Waals surface area contributed by atoms with E-state index in [1.54, 1.807) is 0 Å². The van der Waals surface area contributed by atoms with E-state index < -0.39 is 0 Å². The first kappa shape index (κ1) is 7.56. The van der Waals surface area contributed by atoms with Gasteiger partial charge in [0.15, 0.2) is 0 Å². The second-order valence-electron chi connectivity index (χ2n) is 4.14. The van der Waals surface area contributed by atoms with Gasteiger partial charge in [-0.3, -0.25) is 0 Å². The molecule has 0 radical (unpaired) electrons. The monoisotopic (exact) mass is 154 g/mol. The molecule has 11 heavy (non-hydrogen) atoms. The van der Waals surface area contributed by atoms with E-state index in [4.69, 9.17) is 5.73 Å². The Morgan fingerprint density at radius 3 is 2.64 bits per heavy atom. The number of nitrogens with two attached hydrogens (primary N) is 1. The fourth-order valence-corrected chi connectivity index (χ4v) is 2.91. The highest BCUT2D eigenvalue weighted by Crippen LogP contribution is 2.44. The molecule has 0 aromatic rings. The Balaban J connectivity index is 2.04. The lowest BCUT2D eigenvalue weighted by atomic mass is 9.69. The van der Waals surface area contributed by atoms with Gasteiger partial charge < -0.3 is 10.6 Å². The molecule has 1 heterocycles. The number of hydrogen-bond acceptors (Lipinski definition) is 2. The van der Waals surface area contributed by atoms with E-state index >= 15 is 0 Å². The molecule has 2 fully saturated rings. The van der Waals surface area contributed by atoms with Crippen LogP contribution < -0.4 is 5.73 Å². The molecular formula is C9H18N2. The van der Waals surface area contributed by atoms with E-state index in [0.29, 0.717) is 6.04 Å². The molecule has 0 unspecified atom stereocenters. The van der Waals surface area contributed by atoms with Gasteiger partial charge in [-0.1, -0.05) is 6.92 Å². The summed E-state index contributed by atoms with van der Waals surface area (Å²) in [5.41, 5.74) is 5.92. The number of likely N-dealkylation sites (tertiary alicyclic amines) is 1. The van der Waals surface area contributed by atoms with Crippen LogP contribution in [0.3, 0.4) is 0 Å². The third-order valence-corrected chi connectivity index (χ3v) is 3.62. The van der Waals surface area contributed by atoms with Crippen LogP contribution in [0, 0.1) is 11.8 Å². The largest absolute Gasteiger partial charge is 0.327 e. The zero-order valence-electron chi connectivity index (χ0n) is 7.46. The Bertz CT molecular complexity index is 158. The van der Waals surface area contributed by atoms with E-state index in [1.165, 1.54) is 19.4 Å². The third-order valence-electron chi connectivity index (χ3n) is 3.62. The maximum atomic E-state index is 5.92. The fourth-order valence-electron chi connectivity index (χ4n) is 2.91. The van der Waals surface area contributed by atoms with Crippen LogP contribution in [0.1, 0.15) is 19.8 Å². The zero-order chi connectivity index (χ0) is 8.01. The van der Waals surface area contributed by atoms with Gasteiger partial charge in [0.25, 0.3) is 0 Å². The summed E-state index contributed by atoms with van der Waals surface area (Å²) in [6, 6.07) is 1.35. The predicted octanol–water partition coefficient (Wildman–Crippen LogP) is 0.674. The second kappa shape index (κ2) is 2.46. The van der Waals surface area contributed by atoms with Gasteiger partial charge in [0.05, 0.1) is 0 Å². The molecule has 0 spiro atoms. The second-order valence-corrected chi connectivity index (χ2v) is 4.14. The molecule has 2 N–H and O–H groups in total. The summed E-state index contributed by atoms with van der Waals surface area (Å²) >= 11 is 0. The van der Waals surface area contributed by atoms with Crippen LogP contribution in [0.15, 0.2) is 0 Å². The van der Waals surface area contributed by atoms with Crippen LogP contribution in [0.5, 0.6) is 0 Å². The number of hydrogen-bond donors (Lipinski definition) is 1. The molecule has 64 valence electrons. The third kappa shape index (κ3) is 0.926. The summed E-state index contributed by atoms with van der Waals surface area (Å²) in [7, 11) is 2.24. The topological polar surface area (TPSA) is 29.3 Å². The molecule has 1 aliphatic heterocycles. The van der Waals surface area contributed by atoms with E-state index in [1.807, 2.05) is 0 Å². The zero-order valence-corrected chi connectivity index (χ0v) is 7.46. The molecule has 2 rings (SSSR count). The highest BCUT2D eigenvalue weighted by molar-refractivity contribution is 5.04.